The van der Waals surface area contributed by atoms with Crippen LogP contribution in [0, 0.1) is 18.3 Å². The second-order valence-electron chi connectivity index (χ2n) is 9.19. The molecule has 200 valence electrons. The zero-order valence-corrected chi connectivity index (χ0v) is 22.9. The van der Waals surface area contributed by atoms with Crippen LogP contribution in [0.2, 0.25) is 0 Å². The minimum Gasteiger partial charge on any atom is -0.504 e. The van der Waals surface area contributed by atoms with Crippen molar-refractivity contribution in [2.45, 2.75) is 49.8 Å². The molecule has 39 heavy (non-hydrogen) atoms. The Bertz CT molecular complexity index is 1700. The average Bonchev–Trinajstić information content (AvgIpc) is 2.94. The van der Waals surface area contributed by atoms with Crippen LogP contribution in [-0.2, 0) is 16.3 Å². The van der Waals surface area contributed by atoms with E-state index in [1.54, 1.807) is 53.7 Å². The molecule has 0 fully saturated rings. The van der Waals surface area contributed by atoms with Gasteiger partial charge in [-0.25, -0.2) is 8.42 Å². The van der Waals surface area contributed by atoms with Crippen LogP contribution in [-0.4, -0.2) is 30.0 Å². The molecule has 2 aromatic carbocycles. The molecule has 0 aliphatic heterocycles. The maximum Gasteiger partial charge on any atom is 0.271 e. The van der Waals surface area contributed by atoms with Gasteiger partial charge in [-0.15, -0.1) is 0 Å². The van der Waals surface area contributed by atoms with E-state index in [2.05, 4.69) is 16.0 Å². The van der Waals surface area contributed by atoms with Crippen molar-refractivity contribution in [3.63, 3.8) is 0 Å². The number of aryl methyl sites for hydroxylation is 2. The quantitative estimate of drug-likeness (QED) is 0.279. The van der Waals surface area contributed by atoms with Gasteiger partial charge in [-0.2, -0.15) is 5.26 Å². The third-order valence-corrected chi connectivity index (χ3v) is 8.42. The van der Waals surface area contributed by atoms with Crippen molar-refractivity contribution in [3.05, 3.63) is 94.2 Å². The van der Waals surface area contributed by atoms with Crippen molar-refractivity contribution in [2.24, 2.45) is 0 Å². The van der Waals surface area contributed by atoms with Gasteiger partial charge in [-0.3, -0.25) is 9.78 Å². The summed E-state index contributed by atoms with van der Waals surface area (Å²) in [4.78, 5) is 20.9. The smallest absolute Gasteiger partial charge is 0.271 e. The molecule has 0 aliphatic rings. The zero-order chi connectivity index (χ0) is 28.2. The first-order chi connectivity index (χ1) is 18.7. The fourth-order valence-corrected chi connectivity index (χ4v) is 6.00. The van der Waals surface area contributed by atoms with Gasteiger partial charge in [0.1, 0.15) is 5.69 Å². The van der Waals surface area contributed by atoms with E-state index in [1.807, 2.05) is 26.8 Å². The first kappa shape index (κ1) is 27.6. The molecule has 0 saturated heterocycles. The molecule has 2 N–H and O–H groups in total. The van der Waals surface area contributed by atoms with E-state index in [0.717, 1.165) is 29.5 Å². The second kappa shape index (κ2) is 11.5. The van der Waals surface area contributed by atoms with Crippen LogP contribution in [0.3, 0.4) is 0 Å². The highest BCUT2D eigenvalue weighted by Gasteiger charge is 2.31. The number of aromatic amines is 1. The second-order valence-corrected chi connectivity index (χ2v) is 11.1. The number of aromatic hydroxyl groups is 1. The number of rotatable bonds is 9. The maximum atomic E-state index is 13.8. The molecule has 0 spiro atoms. The molecule has 2 heterocycles. The van der Waals surface area contributed by atoms with Gasteiger partial charge in [0.25, 0.3) is 5.56 Å². The molecular formula is C30H30N4O4S. The van der Waals surface area contributed by atoms with Crippen molar-refractivity contribution in [2.75, 3.05) is 11.4 Å². The first-order valence-electron chi connectivity index (χ1n) is 12.7. The van der Waals surface area contributed by atoms with Gasteiger partial charge >= 0.3 is 0 Å². The number of benzene rings is 2. The third-order valence-electron chi connectivity index (χ3n) is 6.61. The Hall–Kier alpha value is -4.42. The third kappa shape index (κ3) is 5.42. The molecule has 0 bridgehead atoms. The number of sulfone groups is 1. The molecule has 9 heteroatoms. The average molecular weight is 543 g/mol. The van der Waals surface area contributed by atoms with Gasteiger partial charge in [0.15, 0.2) is 10.6 Å². The minimum atomic E-state index is -4.39. The molecule has 4 rings (SSSR count). The van der Waals surface area contributed by atoms with E-state index < -0.39 is 26.0 Å². The predicted molar refractivity (Wildman–Crippen MR) is 151 cm³/mol. The van der Waals surface area contributed by atoms with Gasteiger partial charge < -0.3 is 15.0 Å². The molecule has 0 saturated carbocycles. The lowest BCUT2D eigenvalue weighted by molar-refractivity contribution is 0.454. The summed E-state index contributed by atoms with van der Waals surface area (Å²) < 4.78 is 27.5. The number of nitrogens with one attached hydrogen (secondary N) is 1. The zero-order valence-electron chi connectivity index (χ0n) is 22.1. The highest BCUT2D eigenvalue weighted by atomic mass is 32.2. The highest BCUT2D eigenvalue weighted by molar-refractivity contribution is 7.91. The summed E-state index contributed by atoms with van der Waals surface area (Å²) in [6.45, 7) is 6.12. The van der Waals surface area contributed by atoms with Gasteiger partial charge in [-0.1, -0.05) is 31.5 Å². The number of unbranched alkanes of at least 4 members (excludes halogenated alkanes) is 1. The summed E-state index contributed by atoms with van der Waals surface area (Å²) in [7, 11) is -4.39. The Morgan fingerprint density at radius 2 is 1.85 bits per heavy atom. The molecular weight excluding hydrogens is 512 g/mol. The lowest BCUT2D eigenvalue weighted by atomic mass is 10.0. The molecule has 8 nitrogen and oxygen atoms in total. The van der Waals surface area contributed by atoms with Crippen molar-refractivity contribution < 1.29 is 13.5 Å². The van der Waals surface area contributed by atoms with E-state index in [-0.39, 0.29) is 10.6 Å². The van der Waals surface area contributed by atoms with Crippen LogP contribution in [0.5, 0.6) is 5.75 Å². The summed E-state index contributed by atoms with van der Waals surface area (Å²) in [5, 5.41) is 20.9. The summed E-state index contributed by atoms with van der Waals surface area (Å²) in [6.07, 6.45) is 5.38. The predicted octanol–water partition coefficient (Wildman–Crippen LogP) is 5.66. The molecule has 0 atom stereocenters. The first-order valence-corrected chi connectivity index (χ1v) is 14.2. The van der Waals surface area contributed by atoms with Crippen LogP contribution in [0.25, 0.3) is 11.1 Å². The molecule has 0 radical (unpaired) electrons. The van der Waals surface area contributed by atoms with Gasteiger partial charge in [0.05, 0.1) is 16.5 Å². The molecule has 2 aromatic heterocycles. The minimum absolute atomic E-state index is 0.111. The molecule has 0 unspecified atom stereocenters. The lowest BCUT2D eigenvalue weighted by Gasteiger charge is -2.27. The number of nitrogens with zero attached hydrogens (tertiary/aromatic N) is 3. The van der Waals surface area contributed by atoms with Gasteiger partial charge in [0, 0.05) is 30.3 Å². The fraction of sp³-hybridized carbons (Fsp3) is 0.233. The van der Waals surface area contributed by atoms with Crippen molar-refractivity contribution >= 4 is 21.2 Å². The maximum absolute atomic E-state index is 13.8. The summed E-state index contributed by atoms with van der Waals surface area (Å²) in [6, 6.07) is 17.0. The van der Waals surface area contributed by atoms with E-state index in [9.17, 15) is 23.6 Å². The van der Waals surface area contributed by atoms with Crippen LogP contribution in [0.15, 0.2) is 81.6 Å². The summed E-state index contributed by atoms with van der Waals surface area (Å²) >= 11 is 0. The monoisotopic (exact) mass is 542 g/mol. The van der Waals surface area contributed by atoms with Crippen LogP contribution >= 0.6 is 0 Å². The number of pyridine rings is 2. The number of nitriles is 1. The largest absolute Gasteiger partial charge is 0.504 e. The number of hydrogen-bond acceptors (Lipinski definition) is 7. The number of aromatic nitrogens is 2. The molecule has 4 aromatic rings. The Balaban J connectivity index is 1.88. The Kier molecular flexibility index (Phi) is 8.17. The van der Waals surface area contributed by atoms with Crippen LogP contribution in [0.1, 0.15) is 43.5 Å². The highest BCUT2D eigenvalue weighted by Crippen LogP contribution is 2.40. The van der Waals surface area contributed by atoms with Crippen LogP contribution < -0.4 is 10.5 Å². The SMILES string of the molecule is CCCCc1[nH]c(=O)c(S(=O)(=O)c2ccc(-c3ccncc3C)cc2)c(O)c1N(CC)c1cccc(C#N)c1. The van der Waals surface area contributed by atoms with Gasteiger partial charge in [-0.05, 0) is 79.8 Å². The normalized spacial score (nSPS) is 11.2. The van der Waals surface area contributed by atoms with Crippen molar-refractivity contribution in [1.29, 1.82) is 5.26 Å². The summed E-state index contributed by atoms with van der Waals surface area (Å²) in [5.41, 5.74) is 3.44. The number of H-pyrrole nitrogens is 1. The topological polar surface area (TPSA) is 127 Å². The van der Waals surface area contributed by atoms with E-state index in [4.69, 9.17) is 0 Å². The molecule has 0 amide bonds. The number of hydrogen-bond donors (Lipinski definition) is 2. The Morgan fingerprint density at radius 3 is 2.49 bits per heavy atom. The van der Waals surface area contributed by atoms with Crippen molar-refractivity contribution in [1.82, 2.24) is 9.97 Å². The Labute approximate surface area is 228 Å². The van der Waals surface area contributed by atoms with E-state index >= 15 is 0 Å². The van der Waals surface area contributed by atoms with Gasteiger partial charge in [0.2, 0.25) is 9.84 Å². The van der Waals surface area contributed by atoms with E-state index in [1.165, 1.54) is 12.1 Å². The standard InChI is InChI=1S/C30H30N4O4S/c1-4-6-10-26-27(34(5-2)23-9-7-8-21(17-23)18-31)28(35)29(30(36)33-26)39(37,38)24-13-11-22(12-14-24)25-15-16-32-19-20(25)3/h7-9,11-17,19H,4-6,10H2,1-3H3,(H2,33,35,36). The number of anilines is 2. The van der Waals surface area contributed by atoms with Crippen LogP contribution in [0.4, 0.5) is 11.4 Å². The van der Waals surface area contributed by atoms with Crippen molar-refractivity contribution in [3.8, 4) is 22.9 Å². The fourth-order valence-electron chi connectivity index (χ4n) is 4.63. The summed E-state index contributed by atoms with van der Waals surface area (Å²) in [5.74, 6) is -0.608. The molecule has 0 aliphatic carbocycles. The lowest BCUT2D eigenvalue weighted by Crippen LogP contribution is -2.25. The Morgan fingerprint density at radius 1 is 1.10 bits per heavy atom. The van der Waals surface area contributed by atoms with E-state index in [0.29, 0.717) is 29.9 Å².